The first-order chi connectivity index (χ1) is 8.28. The van der Waals surface area contributed by atoms with Gasteiger partial charge in [0.05, 0.1) is 0 Å². The van der Waals surface area contributed by atoms with Gasteiger partial charge in [-0.2, -0.15) is 0 Å². The zero-order chi connectivity index (χ0) is 12.1. The molecule has 0 saturated heterocycles. The molecule has 0 fully saturated rings. The summed E-state index contributed by atoms with van der Waals surface area (Å²) < 4.78 is 23.2. The fourth-order valence-corrected chi connectivity index (χ4v) is 1.31. The Labute approximate surface area is 98.6 Å². The molecule has 17 heavy (non-hydrogen) atoms. The molecular formula is C14H9FO2. The third-order valence-corrected chi connectivity index (χ3v) is 2.03. The van der Waals surface area contributed by atoms with Crippen LogP contribution in [0.5, 0.6) is 17.2 Å². The quantitative estimate of drug-likeness (QED) is 0.747. The van der Waals surface area contributed by atoms with E-state index in [1.165, 1.54) is 12.1 Å². The molecule has 0 amide bonds. The highest BCUT2D eigenvalue weighted by molar-refractivity contribution is 5.35. The highest BCUT2D eigenvalue weighted by Crippen LogP contribution is 2.24. The second-order valence-electron chi connectivity index (χ2n) is 3.25. The van der Waals surface area contributed by atoms with E-state index in [1.807, 2.05) is 0 Å². The minimum atomic E-state index is -0.338. The Kier molecular flexibility index (Phi) is 3.27. The average molecular weight is 228 g/mol. The lowest BCUT2D eigenvalue weighted by Crippen LogP contribution is -1.86. The van der Waals surface area contributed by atoms with Crippen LogP contribution in [0.25, 0.3) is 0 Å². The number of rotatable bonds is 3. The fourth-order valence-electron chi connectivity index (χ4n) is 1.31. The largest absolute Gasteiger partial charge is 0.457 e. The molecule has 0 atom stereocenters. The van der Waals surface area contributed by atoms with Crippen LogP contribution in [0.15, 0.2) is 48.5 Å². The van der Waals surface area contributed by atoms with Gasteiger partial charge in [0, 0.05) is 6.07 Å². The van der Waals surface area contributed by atoms with Crippen LogP contribution in [0.1, 0.15) is 0 Å². The van der Waals surface area contributed by atoms with E-state index in [-0.39, 0.29) is 5.82 Å². The zero-order valence-corrected chi connectivity index (χ0v) is 8.89. The molecule has 0 aliphatic carbocycles. The minimum Gasteiger partial charge on any atom is -0.457 e. The lowest BCUT2D eigenvalue weighted by Gasteiger charge is -2.05. The van der Waals surface area contributed by atoms with Gasteiger partial charge in [0.2, 0.25) is 0 Å². The molecule has 0 N–H and O–H groups in total. The van der Waals surface area contributed by atoms with Gasteiger partial charge in [0.25, 0.3) is 0 Å². The molecule has 0 unspecified atom stereocenters. The van der Waals surface area contributed by atoms with Gasteiger partial charge >= 0.3 is 0 Å². The number of hydrogen-bond donors (Lipinski definition) is 0. The Morgan fingerprint density at radius 1 is 0.941 bits per heavy atom. The van der Waals surface area contributed by atoms with Crippen LogP contribution < -0.4 is 9.47 Å². The van der Waals surface area contributed by atoms with E-state index < -0.39 is 0 Å². The summed E-state index contributed by atoms with van der Waals surface area (Å²) in [6, 6.07) is 12.7. The Morgan fingerprint density at radius 3 is 2.29 bits per heavy atom. The second-order valence-corrected chi connectivity index (χ2v) is 3.25. The number of hydrogen-bond acceptors (Lipinski definition) is 2. The van der Waals surface area contributed by atoms with Gasteiger partial charge in [-0.1, -0.05) is 12.5 Å². The molecule has 0 heterocycles. The normalized spacial score (nSPS) is 9.41. The van der Waals surface area contributed by atoms with Gasteiger partial charge < -0.3 is 9.47 Å². The molecule has 0 spiro atoms. The Hall–Kier alpha value is -2.47. The monoisotopic (exact) mass is 228 g/mol. The van der Waals surface area contributed by atoms with Crippen LogP contribution >= 0.6 is 0 Å². The summed E-state index contributed by atoms with van der Waals surface area (Å²) in [7, 11) is 0. The smallest absolute Gasteiger partial charge is 0.140 e. The third-order valence-electron chi connectivity index (χ3n) is 2.03. The minimum absolute atomic E-state index is 0.338. The maximum atomic E-state index is 12.9. The molecule has 2 aromatic rings. The van der Waals surface area contributed by atoms with Crippen molar-refractivity contribution >= 4 is 0 Å². The molecule has 0 bridgehead atoms. The van der Waals surface area contributed by atoms with Crippen molar-refractivity contribution in [2.45, 2.75) is 0 Å². The summed E-state index contributed by atoms with van der Waals surface area (Å²) in [6.45, 7) is 0. The molecule has 0 radical (unpaired) electrons. The van der Waals surface area contributed by atoms with E-state index in [1.54, 1.807) is 36.4 Å². The molecular weight excluding hydrogens is 219 g/mol. The molecule has 0 saturated carbocycles. The van der Waals surface area contributed by atoms with Crippen molar-refractivity contribution in [3.8, 4) is 29.8 Å². The number of ether oxygens (including phenoxy) is 2. The van der Waals surface area contributed by atoms with Gasteiger partial charge in [0.15, 0.2) is 0 Å². The van der Waals surface area contributed by atoms with Crippen molar-refractivity contribution in [2.75, 3.05) is 0 Å². The predicted octanol–water partition coefficient (Wildman–Crippen LogP) is 3.59. The first kappa shape index (κ1) is 11.0. The van der Waals surface area contributed by atoms with Crippen molar-refractivity contribution in [3.05, 3.63) is 54.3 Å². The van der Waals surface area contributed by atoms with Crippen LogP contribution in [0.3, 0.4) is 0 Å². The topological polar surface area (TPSA) is 18.5 Å². The van der Waals surface area contributed by atoms with E-state index >= 15 is 0 Å². The van der Waals surface area contributed by atoms with E-state index in [4.69, 9.17) is 15.9 Å². The fraction of sp³-hybridized carbons (Fsp3) is 0. The van der Waals surface area contributed by atoms with Gasteiger partial charge in [-0.3, -0.25) is 0 Å². The summed E-state index contributed by atoms with van der Waals surface area (Å²) in [5.74, 6) is 1.24. The van der Waals surface area contributed by atoms with E-state index in [0.29, 0.717) is 17.2 Å². The first-order valence-corrected chi connectivity index (χ1v) is 4.94. The lowest BCUT2D eigenvalue weighted by molar-refractivity contribution is 0.473. The van der Waals surface area contributed by atoms with E-state index in [0.717, 1.165) is 0 Å². The number of halogens is 1. The van der Waals surface area contributed by atoms with Crippen molar-refractivity contribution in [1.82, 2.24) is 0 Å². The van der Waals surface area contributed by atoms with E-state index in [9.17, 15) is 4.39 Å². The Bertz CT molecular complexity index is 541. The second kappa shape index (κ2) is 5.04. The van der Waals surface area contributed by atoms with Crippen molar-refractivity contribution in [3.63, 3.8) is 0 Å². The molecule has 2 rings (SSSR count). The summed E-state index contributed by atoms with van der Waals surface area (Å²) in [5.41, 5.74) is 0. The summed E-state index contributed by atoms with van der Waals surface area (Å²) >= 11 is 0. The number of benzene rings is 2. The van der Waals surface area contributed by atoms with Crippen LogP contribution in [0.4, 0.5) is 4.39 Å². The van der Waals surface area contributed by atoms with Crippen LogP contribution in [0, 0.1) is 18.3 Å². The predicted molar refractivity (Wildman–Crippen MR) is 62.4 cm³/mol. The Balaban J connectivity index is 2.11. The van der Waals surface area contributed by atoms with Crippen molar-refractivity contribution < 1.29 is 13.9 Å². The summed E-state index contributed by atoms with van der Waals surface area (Å²) in [4.78, 5) is 0. The van der Waals surface area contributed by atoms with Crippen LogP contribution in [0.2, 0.25) is 0 Å². The average Bonchev–Trinajstić information content (AvgIpc) is 2.32. The highest BCUT2D eigenvalue weighted by Gasteiger charge is 1.99. The maximum absolute atomic E-state index is 12.9. The molecule has 0 aromatic heterocycles. The SMILES string of the molecule is C#COc1ccc(Oc2cccc(F)c2)cc1. The van der Waals surface area contributed by atoms with Gasteiger partial charge in [0.1, 0.15) is 29.2 Å². The molecule has 2 aromatic carbocycles. The standard InChI is InChI=1S/C14H9FO2/c1-2-16-12-6-8-13(9-7-12)17-14-5-3-4-11(15)10-14/h1,3-10H. The number of terminal acetylenes is 1. The summed E-state index contributed by atoms with van der Waals surface area (Å²) in [6.07, 6.45) is 7.06. The zero-order valence-electron chi connectivity index (χ0n) is 8.89. The van der Waals surface area contributed by atoms with Crippen LogP contribution in [-0.2, 0) is 0 Å². The third kappa shape index (κ3) is 2.99. The molecule has 0 aliphatic heterocycles. The van der Waals surface area contributed by atoms with Crippen molar-refractivity contribution in [2.24, 2.45) is 0 Å². The molecule has 0 aliphatic rings. The van der Waals surface area contributed by atoms with Crippen LogP contribution in [-0.4, -0.2) is 0 Å². The van der Waals surface area contributed by atoms with Gasteiger partial charge in [-0.05, 0) is 36.4 Å². The highest BCUT2D eigenvalue weighted by atomic mass is 19.1. The first-order valence-electron chi connectivity index (χ1n) is 4.94. The van der Waals surface area contributed by atoms with Crippen molar-refractivity contribution in [1.29, 1.82) is 0 Å². The summed E-state index contributed by atoms with van der Waals surface area (Å²) in [5, 5.41) is 0. The lowest BCUT2D eigenvalue weighted by atomic mass is 10.3. The van der Waals surface area contributed by atoms with Gasteiger partial charge in [-0.25, -0.2) is 4.39 Å². The maximum Gasteiger partial charge on any atom is 0.140 e. The van der Waals surface area contributed by atoms with E-state index in [2.05, 4.69) is 6.11 Å². The molecule has 84 valence electrons. The molecule has 2 nitrogen and oxygen atoms in total. The van der Waals surface area contributed by atoms with Gasteiger partial charge in [-0.15, -0.1) is 0 Å². The Morgan fingerprint density at radius 2 is 1.65 bits per heavy atom. The molecule has 3 heteroatoms.